The van der Waals surface area contributed by atoms with Gasteiger partial charge in [0, 0.05) is 13.1 Å². The molecule has 7 heteroatoms. The number of rotatable bonds is 10. The number of nitrogens with one attached hydrogen (secondary N) is 2. The van der Waals surface area contributed by atoms with Crippen LogP contribution in [0.3, 0.4) is 0 Å². The molecule has 2 unspecified atom stereocenters. The first-order valence-corrected chi connectivity index (χ1v) is 12.3. The van der Waals surface area contributed by atoms with Crippen molar-refractivity contribution in [1.82, 2.24) is 15.5 Å². The van der Waals surface area contributed by atoms with E-state index in [9.17, 15) is 14.4 Å². The third-order valence-corrected chi connectivity index (χ3v) is 5.56. The van der Waals surface area contributed by atoms with E-state index in [-0.39, 0.29) is 24.3 Å². The normalized spacial score (nSPS) is 12.9. The van der Waals surface area contributed by atoms with E-state index in [4.69, 9.17) is 4.74 Å². The van der Waals surface area contributed by atoms with Gasteiger partial charge in [-0.2, -0.15) is 0 Å². The number of carbonyl (C=O) groups is 3. The summed E-state index contributed by atoms with van der Waals surface area (Å²) in [6, 6.07) is 15.2. The van der Waals surface area contributed by atoms with E-state index < -0.39 is 23.8 Å². The van der Waals surface area contributed by atoms with Gasteiger partial charge in [0.1, 0.15) is 17.7 Å². The Morgan fingerprint density at radius 1 is 1.06 bits per heavy atom. The number of benzene rings is 2. The van der Waals surface area contributed by atoms with Crippen LogP contribution in [0, 0.1) is 5.92 Å². The minimum atomic E-state index is -0.896. The predicted octanol–water partition coefficient (Wildman–Crippen LogP) is 5.08. The molecule has 7 nitrogen and oxygen atoms in total. The third-order valence-electron chi connectivity index (χ3n) is 5.56. The van der Waals surface area contributed by atoms with Crippen LogP contribution in [0.15, 0.2) is 61.2 Å². The lowest BCUT2D eigenvalue weighted by Crippen LogP contribution is -2.54. The number of carbonyl (C=O) groups excluding carboxylic acids is 3. The van der Waals surface area contributed by atoms with Gasteiger partial charge < -0.3 is 20.3 Å². The topological polar surface area (TPSA) is 87.7 Å². The summed E-state index contributed by atoms with van der Waals surface area (Å²) >= 11 is 0. The summed E-state index contributed by atoms with van der Waals surface area (Å²) in [7, 11) is 0. The molecule has 0 aromatic heterocycles. The summed E-state index contributed by atoms with van der Waals surface area (Å²) in [6.07, 6.45) is 1.02. The van der Waals surface area contributed by atoms with Gasteiger partial charge in [-0.3, -0.25) is 9.59 Å². The van der Waals surface area contributed by atoms with Gasteiger partial charge in [-0.1, -0.05) is 75.0 Å². The van der Waals surface area contributed by atoms with Gasteiger partial charge in [-0.25, -0.2) is 4.79 Å². The largest absolute Gasteiger partial charge is 0.444 e. The van der Waals surface area contributed by atoms with Gasteiger partial charge in [0.05, 0.1) is 0 Å². The molecule has 0 spiro atoms. The Hall–Kier alpha value is -3.61. The lowest BCUT2D eigenvalue weighted by atomic mass is 9.97. The van der Waals surface area contributed by atoms with Crippen molar-refractivity contribution in [2.45, 2.75) is 65.8 Å². The molecule has 2 aromatic carbocycles. The van der Waals surface area contributed by atoms with Crippen molar-refractivity contribution in [3.05, 3.63) is 77.9 Å². The molecule has 194 valence electrons. The molecule has 0 saturated carbocycles. The number of nitrogens with zero attached hydrogens (tertiary/aromatic N) is 1. The number of hydrogen-bond acceptors (Lipinski definition) is 4. The molecule has 0 heterocycles. The van der Waals surface area contributed by atoms with Crippen LogP contribution >= 0.6 is 0 Å². The van der Waals surface area contributed by atoms with Crippen molar-refractivity contribution < 1.29 is 19.1 Å². The molecule has 0 saturated heterocycles. The zero-order chi connectivity index (χ0) is 26.9. The monoisotopic (exact) mass is 493 g/mol. The summed E-state index contributed by atoms with van der Waals surface area (Å²) in [5.41, 5.74) is 1.74. The molecule has 3 amide bonds. The van der Waals surface area contributed by atoms with Gasteiger partial charge >= 0.3 is 6.09 Å². The summed E-state index contributed by atoms with van der Waals surface area (Å²) in [5.74, 6) is -0.899. The lowest BCUT2D eigenvalue weighted by molar-refractivity contribution is -0.143. The molecule has 2 N–H and O–H groups in total. The van der Waals surface area contributed by atoms with Crippen molar-refractivity contribution in [2.24, 2.45) is 5.92 Å². The molecule has 0 fully saturated rings. The lowest BCUT2D eigenvalue weighted by Gasteiger charge is -2.35. The fourth-order valence-corrected chi connectivity index (χ4v) is 3.80. The van der Waals surface area contributed by atoms with E-state index >= 15 is 0 Å². The molecule has 36 heavy (non-hydrogen) atoms. The molecule has 0 aliphatic carbocycles. The molecule has 0 radical (unpaired) electrons. The molecule has 2 rings (SSSR count). The minimum Gasteiger partial charge on any atom is -0.444 e. The first-order chi connectivity index (χ1) is 17.0. The molecular formula is C29H39N3O4. The number of alkyl carbamates (subject to hydrolysis) is 1. The SMILES string of the molecule is C=Cc1cccc(C(C(=O)NCc2ccccc2)N(CC)C(=O)C(NC(=O)OC(C)(C)C)C(C)C)c1. The summed E-state index contributed by atoms with van der Waals surface area (Å²) in [6.45, 7) is 15.2. The van der Waals surface area contributed by atoms with Crippen LogP contribution < -0.4 is 10.6 Å². The Bertz CT molecular complexity index is 1040. The van der Waals surface area contributed by atoms with E-state index in [0.29, 0.717) is 12.1 Å². The van der Waals surface area contributed by atoms with Gasteiger partial charge in [-0.15, -0.1) is 0 Å². The highest BCUT2D eigenvalue weighted by atomic mass is 16.6. The van der Waals surface area contributed by atoms with Crippen LogP contribution in [0.5, 0.6) is 0 Å². The Labute approximate surface area is 214 Å². The zero-order valence-corrected chi connectivity index (χ0v) is 22.2. The van der Waals surface area contributed by atoms with E-state index in [1.165, 1.54) is 4.90 Å². The standard InChI is InChI=1S/C29H39N3O4/c1-8-21-16-13-17-23(18-21)25(26(33)30-19-22-14-11-10-12-15-22)32(9-2)27(34)24(20(3)4)31-28(35)36-29(5,6)7/h8,10-18,20,24-25H,1,9,19H2,2-7H3,(H,30,33)(H,31,35). The summed E-state index contributed by atoms with van der Waals surface area (Å²) < 4.78 is 5.38. The Kier molecular flexibility index (Phi) is 10.3. The van der Waals surface area contributed by atoms with Crippen molar-refractivity contribution in [3.8, 4) is 0 Å². The first-order valence-electron chi connectivity index (χ1n) is 12.3. The van der Waals surface area contributed by atoms with Gasteiger partial charge in [0.15, 0.2) is 0 Å². The predicted molar refractivity (Wildman–Crippen MR) is 143 cm³/mol. The average molecular weight is 494 g/mol. The van der Waals surface area contributed by atoms with Crippen LogP contribution in [0.25, 0.3) is 6.08 Å². The third kappa shape index (κ3) is 8.26. The fraction of sp³-hybridized carbons (Fsp3) is 0.414. The highest BCUT2D eigenvalue weighted by Gasteiger charge is 2.36. The maximum atomic E-state index is 13.8. The van der Waals surface area contributed by atoms with Crippen LogP contribution in [0.1, 0.15) is 64.3 Å². The Balaban J connectivity index is 2.40. The molecule has 2 aromatic rings. The van der Waals surface area contributed by atoms with Crippen molar-refractivity contribution >= 4 is 24.0 Å². The van der Waals surface area contributed by atoms with Crippen molar-refractivity contribution in [3.63, 3.8) is 0 Å². The van der Waals surface area contributed by atoms with Gasteiger partial charge in [-0.05, 0) is 56.4 Å². The fourth-order valence-electron chi connectivity index (χ4n) is 3.80. The van der Waals surface area contributed by atoms with Crippen molar-refractivity contribution in [1.29, 1.82) is 0 Å². The maximum Gasteiger partial charge on any atom is 0.408 e. The number of amides is 3. The summed E-state index contributed by atoms with van der Waals surface area (Å²) in [5, 5.41) is 5.69. The van der Waals surface area contributed by atoms with E-state index in [2.05, 4.69) is 17.2 Å². The summed E-state index contributed by atoms with van der Waals surface area (Å²) in [4.78, 5) is 41.4. The van der Waals surface area contributed by atoms with E-state index in [0.717, 1.165) is 11.1 Å². The highest BCUT2D eigenvalue weighted by Crippen LogP contribution is 2.25. The van der Waals surface area contributed by atoms with Crippen LogP contribution in [-0.4, -0.2) is 41.0 Å². The quantitative estimate of drug-likeness (QED) is 0.483. The maximum absolute atomic E-state index is 13.8. The number of ether oxygens (including phenoxy) is 1. The highest BCUT2D eigenvalue weighted by molar-refractivity contribution is 5.92. The Morgan fingerprint density at radius 2 is 1.72 bits per heavy atom. The second-order valence-corrected chi connectivity index (χ2v) is 9.97. The van der Waals surface area contributed by atoms with Gasteiger partial charge in [0.2, 0.25) is 11.8 Å². The molecule has 0 bridgehead atoms. The van der Waals surface area contributed by atoms with Crippen molar-refractivity contribution in [2.75, 3.05) is 6.54 Å². The van der Waals surface area contributed by atoms with Gasteiger partial charge in [0.25, 0.3) is 0 Å². The number of likely N-dealkylation sites (N-methyl/N-ethyl adjacent to an activating group) is 1. The van der Waals surface area contributed by atoms with Crippen LogP contribution in [0.4, 0.5) is 4.79 Å². The zero-order valence-electron chi connectivity index (χ0n) is 22.2. The molecule has 0 aliphatic heterocycles. The van der Waals surface area contributed by atoms with Crippen LogP contribution in [-0.2, 0) is 20.9 Å². The first kappa shape index (κ1) is 28.6. The smallest absolute Gasteiger partial charge is 0.408 e. The average Bonchev–Trinajstić information content (AvgIpc) is 2.83. The second-order valence-electron chi connectivity index (χ2n) is 9.97. The van der Waals surface area contributed by atoms with E-state index in [1.807, 2.05) is 75.4 Å². The molecular weight excluding hydrogens is 454 g/mol. The number of hydrogen-bond donors (Lipinski definition) is 2. The van der Waals surface area contributed by atoms with E-state index in [1.54, 1.807) is 26.8 Å². The minimum absolute atomic E-state index is 0.230. The molecule has 0 aliphatic rings. The molecule has 2 atom stereocenters. The Morgan fingerprint density at radius 3 is 2.28 bits per heavy atom. The second kappa shape index (κ2) is 12.9. The van der Waals surface area contributed by atoms with Crippen LogP contribution in [0.2, 0.25) is 0 Å².